The van der Waals surface area contributed by atoms with Crippen LogP contribution < -0.4 is 5.73 Å². The number of fused-ring (bicyclic) bond motifs is 2. The van der Waals surface area contributed by atoms with Gasteiger partial charge in [-0.3, -0.25) is 14.8 Å². The maximum atomic E-state index is 13.2. The molecule has 5 nitrogen and oxygen atoms in total. The van der Waals surface area contributed by atoms with Crippen LogP contribution in [-0.4, -0.2) is 27.3 Å². The van der Waals surface area contributed by atoms with Crippen molar-refractivity contribution in [3.05, 3.63) is 108 Å². The fourth-order valence-electron chi connectivity index (χ4n) is 4.26. The number of rotatable bonds is 5. The average Bonchev–Trinajstić information content (AvgIpc) is 2.99. The van der Waals surface area contributed by atoms with Crippen molar-refractivity contribution in [1.82, 2.24) is 14.9 Å². The Morgan fingerprint density at radius 1 is 0.867 bits per heavy atom. The molecule has 4 aromatic rings. The minimum Gasteiger partial charge on any atom is -0.316 e. The summed E-state index contributed by atoms with van der Waals surface area (Å²) in [6.07, 6.45) is 2.85. The van der Waals surface area contributed by atoms with Gasteiger partial charge in [-0.05, 0) is 30.3 Å². The molecule has 1 aliphatic rings. The monoisotopic (exact) mass is 394 g/mol. The van der Waals surface area contributed by atoms with Gasteiger partial charge in [0.2, 0.25) is 0 Å². The summed E-state index contributed by atoms with van der Waals surface area (Å²) in [6.45, 7) is 0.488. The van der Waals surface area contributed by atoms with E-state index in [2.05, 4.69) is 11.1 Å². The minimum atomic E-state index is -0.932. The number of hydrogen-bond acceptors (Lipinski definition) is 4. The molecule has 0 bridgehead atoms. The topological polar surface area (TPSA) is 72.1 Å². The van der Waals surface area contributed by atoms with Crippen molar-refractivity contribution in [1.29, 1.82) is 0 Å². The summed E-state index contributed by atoms with van der Waals surface area (Å²) in [5.41, 5.74) is 10.3. The van der Waals surface area contributed by atoms with Crippen LogP contribution in [0.2, 0.25) is 0 Å². The molecule has 2 aromatic carbocycles. The van der Waals surface area contributed by atoms with Gasteiger partial charge >= 0.3 is 0 Å². The quantitative estimate of drug-likeness (QED) is 0.560. The molecule has 1 unspecified atom stereocenters. The van der Waals surface area contributed by atoms with Crippen LogP contribution in [0.25, 0.3) is 10.9 Å². The van der Waals surface area contributed by atoms with E-state index in [1.54, 1.807) is 11.1 Å². The van der Waals surface area contributed by atoms with Crippen LogP contribution in [0.4, 0.5) is 0 Å². The lowest BCUT2D eigenvalue weighted by molar-refractivity contribution is 0.0557. The van der Waals surface area contributed by atoms with Crippen molar-refractivity contribution in [2.75, 3.05) is 6.54 Å². The number of benzene rings is 2. The fraction of sp³-hybridized carbons (Fsp3) is 0.160. The van der Waals surface area contributed by atoms with E-state index in [9.17, 15) is 4.79 Å². The molecule has 0 saturated heterocycles. The molecule has 2 N–H and O–H groups in total. The largest absolute Gasteiger partial charge is 0.316 e. The van der Waals surface area contributed by atoms with Gasteiger partial charge < -0.3 is 10.6 Å². The summed E-state index contributed by atoms with van der Waals surface area (Å²) in [5.74, 6) is -0.0372. The van der Waals surface area contributed by atoms with Crippen LogP contribution in [0.15, 0.2) is 85.1 Å². The number of pyridine rings is 2. The molecule has 5 rings (SSSR count). The molecule has 0 saturated carbocycles. The molecule has 0 spiro atoms. The second kappa shape index (κ2) is 7.35. The third kappa shape index (κ3) is 3.13. The number of nitrogens with two attached hydrogens (primary N) is 1. The maximum Gasteiger partial charge on any atom is 0.256 e. The molecule has 3 heterocycles. The van der Waals surface area contributed by atoms with E-state index < -0.39 is 5.66 Å². The summed E-state index contributed by atoms with van der Waals surface area (Å²) >= 11 is 0. The lowest BCUT2D eigenvalue weighted by Gasteiger charge is -2.35. The first-order valence-electron chi connectivity index (χ1n) is 10.1. The van der Waals surface area contributed by atoms with E-state index in [0.717, 1.165) is 27.9 Å². The van der Waals surface area contributed by atoms with Crippen LogP contribution in [0, 0.1) is 0 Å². The van der Waals surface area contributed by atoms with E-state index in [1.165, 1.54) is 0 Å². The number of hydrogen-bond donors (Lipinski definition) is 1. The van der Waals surface area contributed by atoms with Crippen LogP contribution in [0.1, 0.15) is 27.3 Å². The molecule has 1 atom stereocenters. The summed E-state index contributed by atoms with van der Waals surface area (Å²) in [6, 6.07) is 25.5. The highest BCUT2D eigenvalue weighted by Gasteiger charge is 2.46. The van der Waals surface area contributed by atoms with E-state index in [1.807, 2.05) is 72.8 Å². The number of amides is 1. The van der Waals surface area contributed by atoms with Crippen molar-refractivity contribution in [3.63, 3.8) is 0 Å². The van der Waals surface area contributed by atoms with Gasteiger partial charge in [0, 0.05) is 53.5 Å². The second-order valence-corrected chi connectivity index (χ2v) is 7.67. The highest BCUT2D eigenvalue weighted by Crippen LogP contribution is 2.37. The Balaban J connectivity index is 1.46. The Hall–Kier alpha value is -3.57. The molecule has 0 aliphatic carbocycles. The van der Waals surface area contributed by atoms with E-state index in [0.29, 0.717) is 24.9 Å². The van der Waals surface area contributed by atoms with E-state index >= 15 is 0 Å². The van der Waals surface area contributed by atoms with Gasteiger partial charge in [-0.1, -0.05) is 48.5 Å². The van der Waals surface area contributed by atoms with Crippen molar-refractivity contribution >= 4 is 16.8 Å². The molecule has 5 heteroatoms. The van der Waals surface area contributed by atoms with Gasteiger partial charge in [0.05, 0.1) is 5.52 Å². The first-order valence-corrected chi connectivity index (χ1v) is 10.1. The Morgan fingerprint density at radius 2 is 1.67 bits per heavy atom. The Kier molecular flexibility index (Phi) is 4.52. The summed E-state index contributed by atoms with van der Waals surface area (Å²) in [7, 11) is 0. The number of carbonyl (C=O) groups is 1. The highest BCUT2D eigenvalue weighted by atomic mass is 16.2. The average molecular weight is 394 g/mol. The molecular formula is C25H22N4O. The van der Waals surface area contributed by atoms with Crippen molar-refractivity contribution < 1.29 is 4.79 Å². The van der Waals surface area contributed by atoms with Crippen LogP contribution >= 0.6 is 0 Å². The molecular weight excluding hydrogens is 372 g/mol. The molecule has 148 valence electrons. The van der Waals surface area contributed by atoms with Crippen molar-refractivity contribution in [3.8, 4) is 0 Å². The fourth-order valence-corrected chi connectivity index (χ4v) is 4.26. The predicted molar refractivity (Wildman–Crippen MR) is 117 cm³/mol. The summed E-state index contributed by atoms with van der Waals surface area (Å²) in [5, 5.41) is 1.11. The SMILES string of the molecule is NC1(Cc2ccccn2)c2ccccc2C(=O)N1CCc1ccc2ccccc2n1. The normalized spacial score (nSPS) is 18.0. The number of aromatic nitrogens is 2. The third-order valence-corrected chi connectivity index (χ3v) is 5.78. The van der Waals surface area contributed by atoms with Crippen molar-refractivity contribution in [2.45, 2.75) is 18.5 Å². The van der Waals surface area contributed by atoms with Gasteiger partial charge in [-0.25, -0.2) is 0 Å². The Labute approximate surface area is 175 Å². The number of carbonyl (C=O) groups excluding carboxylic acids is 1. The van der Waals surface area contributed by atoms with Gasteiger partial charge in [0.25, 0.3) is 5.91 Å². The standard InChI is InChI=1S/C25H22N4O/c26-25(17-20-8-5-6-15-27-20)22-10-3-2-9-21(22)24(30)29(25)16-14-19-13-12-18-7-1-4-11-23(18)28-19/h1-13,15H,14,16-17,26H2. The molecule has 0 radical (unpaired) electrons. The highest BCUT2D eigenvalue weighted by molar-refractivity contribution is 6.00. The first-order chi connectivity index (χ1) is 14.6. The molecule has 1 amide bonds. The van der Waals surface area contributed by atoms with Crippen LogP contribution in [-0.2, 0) is 18.5 Å². The first kappa shape index (κ1) is 18.5. The summed E-state index contributed by atoms with van der Waals surface area (Å²) in [4.78, 5) is 24.2. The smallest absolute Gasteiger partial charge is 0.256 e. The van der Waals surface area contributed by atoms with Gasteiger partial charge in [0.1, 0.15) is 5.66 Å². The zero-order valence-electron chi connectivity index (χ0n) is 16.5. The van der Waals surface area contributed by atoms with Crippen LogP contribution in [0.5, 0.6) is 0 Å². The zero-order chi connectivity index (χ0) is 20.6. The summed E-state index contributed by atoms with van der Waals surface area (Å²) < 4.78 is 0. The van der Waals surface area contributed by atoms with E-state index in [4.69, 9.17) is 10.7 Å². The van der Waals surface area contributed by atoms with E-state index in [-0.39, 0.29) is 5.91 Å². The van der Waals surface area contributed by atoms with Crippen LogP contribution in [0.3, 0.4) is 0 Å². The third-order valence-electron chi connectivity index (χ3n) is 5.78. The molecule has 0 fully saturated rings. The van der Waals surface area contributed by atoms with Crippen molar-refractivity contribution in [2.24, 2.45) is 5.73 Å². The predicted octanol–water partition coefficient (Wildman–Crippen LogP) is 3.68. The lowest BCUT2D eigenvalue weighted by Crippen LogP contribution is -2.53. The Morgan fingerprint density at radius 3 is 2.53 bits per heavy atom. The molecule has 2 aromatic heterocycles. The van der Waals surface area contributed by atoms with Gasteiger partial charge in [-0.15, -0.1) is 0 Å². The van der Waals surface area contributed by atoms with Gasteiger partial charge in [0.15, 0.2) is 0 Å². The lowest BCUT2D eigenvalue weighted by atomic mass is 9.94. The molecule has 1 aliphatic heterocycles. The molecule has 30 heavy (non-hydrogen) atoms. The van der Waals surface area contributed by atoms with Gasteiger partial charge in [-0.2, -0.15) is 0 Å². The second-order valence-electron chi connectivity index (χ2n) is 7.67. The zero-order valence-corrected chi connectivity index (χ0v) is 16.5. The number of nitrogens with zero attached hydrogens (tertiary/aromatic N) is 3. The minimum absolute atomic E-state index is 0.0372. The Bertz CT molecular complexity index is 1220. The number of para-hydroxylation sites is 1. The maximum absolute atomic E-state index is 13.2.